The van der Waals surface area contributed by atoms with Crippen molar-refractivity contribution >= 4 is 23.2 Å². The molecule has 4 rings (SSSR count). The fraction of sp³-hybridized carbons (Fsp3) is 0.200. The fourth-order valence-electron chi connectivity index (χ4n) is 3.27. The molecular weight excluding hydrogens is 348 g/mol. The molecule has 0 radical (unpaired) electrons. The molecule has 0 bridgehead atoms. The van der Waals surface area contributed by atoms with Crippen molar-refractivity contribution in [2.45, 2.75) is 0 Å². The predicted octanol–water partition coefficient (Wildman–Crippen LogP) is 3.69. The smallest absolute Gasteiger partial charge is 0.272 e. The van der Waals surface area contributed by atoms with Gasteiger partial charge in [0.25, 0.3) is 5.91 Å². The Morgan fingerprint density at radius 3 is 2.50 bits per heavy atom. The van der Waals surface area contributed by atoms with Crippen LogP contribution in [-0.4, -0.2) is 47.0 Å². The summed E-state index contributed by atoms with van der Waals surface area (Å²) >= 11 is 6.08. The van der Waals surface area contributed by atoms with E-state index < -0.39 is 0 Å². The number of aromatic nitrogens is 2. The molecule has 2 aromatic carbocycles. The maximum atomic E-state index is 13.0. The highest BCUT2D eigenvalue weighted by Crippen LogP contribution is 2.24. The molecule has 1 amide bonds. The van der Waals surface area contributed by atoms with E-state index in [1.165, 1.54) is 0 Å². The molecular formula is C20H19ClN4O. The number of nitrogens with one attached hydrogen (secondary N) is 1. The first kappa shape index (κ1) is 16.7. The van der Waals surface area contributed by atoms with Crippen LogP contribution in [0.5, 0.6) is 0 Å². The molecule has 0 unspecified atom stereocenters. The molecule has 0 saturated carbocycles. The van der Waals surface area contributed by atoms with Crippen LogP contribution >= 0.6 is 11.6 Å². The average molecular weight is 367 g/mol. The van der Waals surface area contributed by atoms with Crippen LogP contribution in [0.25, 0.3) is 11.3 Å². The quantitative estimate of drug-likeness (QED) is 0.769. The number of nitrogens with zero attached hydrogens (tertiary/aromatic N) is 3. The summed E-state index contributed by atoms with van der Waals surface area (Å²) in [7, 11) is 0. The molecule has 2 heterocycles. The Hall–Kier alpha value is -2.79. The topological polar surface area (TPSA) is 52.2 Å². The minimum Gasteiger partial charge on any atom is -0.368 e. The first-order valence-corrected chi connectivity index (χ1v) is 8.99. The van der Waals surface area contributed by atoms with Crippen LogP contribution in [-0.2, 0) is 0 Å². The van der Waals surface area contributed by atoms with Crippen LogP contribution in [0.15, 0.2) is 60.9 Å². The van der Waals surface area contributed by atoms with Gasteiger partial charge >= 0.3 is 0 Å². The summed E-state index contributed by atoms with van der Waals surface area (Å²) in [5.41, 5.74) is 3.28. The Morgan fingerprint density at radius 1 is 1.00 bits per heavy atom. The van der Waals surface area contributed by atoms with Gasteiger partial charge in [0, 0.05) is 42.5 Å². The van der Waals surface area contributed by atoms with Gasteiger partial charge in [0.1, 0.15) is 11.4 Å². The number of aromatic amines is 1. The normalized spacial score (nSPS) is 14.5. The lowest BCUT2D eigenvalue weighted by Crippen LogP contribution is -2.49. The number of anilines is 1. The van der Waals surface area contributed by atoms with Gasteiger partial charge in [-0.1, -0.05) is 48.0 Å². The summed E-state index contributed by atoms with van der Waals surface area (Å²) in [5, 5.41) is 0.728. The van der Waals surface area contributed by atoms with E-state index >= 15 is 0 Å². The van der Waals surface area contributed by atoms with Crippen LogP contribution < -0.4 is 4.90 Å². The van der Waals surface area contributed by atoms with Crippen molar-refractivity contribution in [3.05, 3.63) is 71.6 Å². The SMILES string of the molecule is O=C(c1[nH]cnc1-c1ccccc1)N1CCN(c2cccc(Cl)c2)CC1. The van der Waals surface area contributed by atoms with Crippen LogP contribution in [0.4, 0.5) is 5.69 Å². The molecule has 1 aromatic heterocycles. The maximum Gasteiger partial charge on any atom is 0.272 e. The van der Waals surface area contributed by atoms with Crippen molar-refractivity contribution < 1.29 is 4.79 Å². The Bertz CT molecular complexity index is 901. The maximum absolute atomic E-state index is 13.0. The standard InChI is InChI=1S/C20H19ClN4O/c21-16-7-4-8-17(13-16)24-9-11-25(12-10-24)20(26)19-18(22-14-23-19)15-5-2-1-3-6-15/h1-8,13-14H,9-12H2,(H,22,23). The number of benzene rings is 2. The van der Waals surface area contributed by atoms with E-state index in [9.17, 15) is 4.79 Å². The number of hydrogen-bond donors (Lipinski definition) is 1. The Labute approximate surface area is 157 Å². The predicted molar refractivity (Wildman–Crippen MR) is 104 cm³/mol. The fourth-order valence-corrected chi connectivity index (χ4v) is 3.46. The molecule has 0 atom stereocenters. The van der Waals surface area contributed by atoms with E-state index in [1.807, 2.05) is 59.5 Å². The lowest BCUT2D eigenvalue weighted by Gasteiger charge is -2.36. The average Bonchev–Trinajstić information content (AvgIpc) is 3.18. The lowest BCUT2D eigenvalue weighted by atomic mass is 10.1. The van der Waals surface area contributed by atoms with Gasteiger partial charge in [0.15, 0.2) is 0 Å². The number of piperazine rings is 1. The van der Waals surface area contributed by atoms with Crippen molar-refractivity contribution in [3.8, 4) is 11.3 Å². The number of H-pyrrole nitrogens is 1. The number of carbonyl (C=O) groups excluding carboxylic acids is 1. The summed E-state index contributed by atoms with van der Waals surface area (Å²) in [5.74, 6) is -0.00732. The molecule has 3 aromatic rings. The summed E-state index contributed by atoms with van der Waals surface area (Å²) in [6, 6.07) is 17.6. The minimum absolute atomic E-state index is 0.00732. The molecule has 0 aliphatic carbocycles. The van der Waals surface area contributed by atoms with Crippen molar-refractivity contribution in [2.24, 2.45) is 0 Å². The minimum atomic E-state index is -0.00732. The monoisotopic (exact) mass is 366 g/mol. The number of carbonyl (C=O) groups is 1. The van der Waals surface area contributed by atoms with Gasteiger partial charge < -0.3 is 14.8 Å². The number of imidazole rings is 1. The van der Waals surface area contributed by atoms with E-state index in [1.54, 1.807) is 6.33 Å². The van der Waals surface area contributed by atoms with Crippen LogP contribution in [0.2, 0.25) is 5.02 Å². The third-order valence-corrected chi connectivity index (χ3v) is 4.88. The zero-order valence-corrected chi connectivity index (χ0v) is 15.0. The van der Waals surface area contributed by atoms with E-state index in [-0.39, 0.29) is 5.91 Å². The Morgan fingerprint density at radius 2 is 1.77 bits per heavy atom. The summed E-state index contributed by atoms with van der Waals surface area (Å²) < 4.78 is 0. The molecule has 26 heavy (non-hydrogen) atoms. The summed E-state index contributed by atoms with van der Waals surface area (Å²) in [6.45, 7) is 2.89. The second-order valence-electron chi connectivity index (χ2n) is 6.25. The number of halogens is 1. The van der Waals surface area contributed by atoms with Crippen molar-refractivity contribution in [2.75, 3.05) is 31.1 Å². The molecule has 1 saturated heterocycles. The molecule has 0 spiro atoms. The third-order valence-electron chi connectivity index (χ3n) is 4.64. The van der Waals surface area contributed by atoms with E-state index in [2.05, 4.69) is 14.9 Å². The highest BCUT2D eigenvalue weighted by Gasteiger charge is 2.25. The van der Waals surface area contributed by atoms with Gasteiger partial charge in [-0.25, -0.2) is 4.98 Å². The number of hydrogen-bond acceptors (Lipinski definition) is 3. The lowest BCUT2D eigenvalue weighted by molar-refractivity contribution is 0.0742. The Balaban J connectivity index is 1.47. The first-order valence-electron chi connectivity index (χ1n) is 8.61. The molecule has 6 heteroatoms. The van der Waals surface area contributed by atoms with E-state index in [0.29, 0.717) is 24.5 Å². The van der Waals surface area contributed by atoms with Gasteiger partial charge in [-0.2, -0.15) is 0 Å². The first-order chi connectivity index (χ1) is 12.7. The summed E-state index contributed by atoms with van der Waals surface area (Å²) in [6.07, 6.45) is 1.58. The second kappa shape index (κ2) is 7.22. The molecule has 1 aliphatic heterocycles. The molecule has 1 N–H and O–H groups in total. The zero-order valence-electron chi connectivity index (χ0n) is 14.2. The number of rotatable bonds is 3. The van der Waals surface area contributed by atoms with Gasteiger partial charge in [-0.3, -0.25) is 4.79 Å². The highest BCUT2D eigenvalue weighted by atomic mass is 35.5. The molecule has 5 nitrogen and oxygen atoms in total. The van der Waals surface area contributed by atoms with Crippen molar-refractivity contribution in [3.63, 3.8) is 0 Å². The van der Waals surface area contributed by atoms with Crippen LogP contribution in [0.1, 0.15) is 10.5 Å². The van der Waals surface area contributed by atoms with Gasteiger partial charge in [-0.05, 0) is 18.2 Å². The molecule has 1 aliphatic rings. The highest BCUT2D eigenvalue weighted by molar-refractivity contribution is 6.30. The van der Waals surface area contributed by atoms with Crippen LogP contribution in [0, 0.1) is 0 Å². The van der Waals surface area contributed by atoms with Crippen molar-refractivity contribution in [1.29, 1.82) is 0 Å². The Kier molecular flexibility index (Phi) is 4.63. The zero-order chi connectivity index (χ0) is 17.9. The van der Waals surface area contributed by atoms with Gasteiger partial charge in [0.2, 0.25) is 0 Å². The molecule has 132 valence electrons. The van der Waals surface area contributed by atoms with E-state index in [4.69, 9.17) is 11.6 Å². The third kappa shape index (κ3) is 3.30. The second-order valence-corrected chi connectivity index (χ2v) is 6.69. The van der Waals surface area contributed by atoms with Gasteiger partial charge in [0.05, 0.1) is 6.33 Å². The largest absolute Gasteiger partial charge is 0.368 e. The molecule has 1 fully saturated rings. The number of amides is 1. The van der Waals surface area contributed by atoms with Crippen LogP contribution in [0.3, 0.4) is 0 Å². The van der Waals surface area contributed by atoms with Gasteiger partial charge in [-0.15, -0.1) is 0 Å². The summed E-state index contributed by atoms with van der Waals surface area (Å²) in [4.78, 5) is 24.5. The van der Waals surface area contributed by atoms with Crippen molar-refractivity contribution in [1.82, 2.24) is 14.9 Å². The van der Waals surface area contributed by atoms with E-state index in [0.717, 1.165) is 29.4 Å².